The molecule has 3 aliphatic rings. The molecular weight excluding hydrogens is 434 g/mol. The van der Waals surface area contributed by atoms with E-state index in [4.69, 9.17) is 15.5 Å². The van der Waals surface area contributed by atoms with Gasteiger partial charge in [0.15, 0.2) is 11.6 Å². The Morgan fingerprint density at radius 3 is 2.59 bits per heavy atom. The zero-order valence-electron chi connectivity index (χ0n) is 19.0. The van der Waals surface area contributed by atoms with Crippen LogP contribution < -0.4 is 5.73 Å². The van der Waals surface area contributed by atoms with Crippen molar-refractivity contribution in [2.75, 3.05) is 13.1 Å². The third kappa shape index (κ3) is 3.63. The van der Waals surface area contributed by atoms with Gasteiger partial charge < -0.3 is 10.5 Å². The number of aromatic nitrogens is 2. The number of piperidine rings is 1. The van der Waals surface area contributed by atoms with E-state index in [-0.39, 0.29) is 11.5 Å². The number of ether oxygens (including phenoxy) is 1. The van der Waals surface area contributed by atoms with Gasteiger partial charge in [-0.3, -0.25) is 14.9 Å². The van der Waals surface area contributed by atoms with E-state index in [1.807, 2.05) is 24.7 Å². The normalized spacial score (nSPS) is 21.4. The van der Waals surface area contributed by atoms with E-state index in [2.05, 4.69) is 22.0 Å². The number of fused-ring (bicyclic) bond motifs is 2. The third-order valence-electron chi connectivity index (χ3n) is 7.84. The summed E-state index contributed by atoms with van der Waals surface area (Å²) in [6, 6.07) is 10.0. The van der Waals surface area contributed by atoms with Crippen molar-refractivity contribution in [2.24, 2.45) is 11.7 Å². The van der Waals surface area contributed by atoms with Crippen LogP contribution in [0.25, 0.3) is 0 Å². The van der Waals surface area contributed by atoms with Gasteiger partial charge in [0.2, 0.25) is 0 Å². The lowest BCUT2D eigenvalue weighted by Gasteiger charge is -2.39. The molecule has 1 aliphatic carbocycles. The molecule has 1 atom stereocenters. The standard InChI is InChI=1S/C27H28F2N4O/c28-23-5-4-21(13-24(23)29)27(30,20-2-3-20)25-6-1-18(14-32-25)16-33-11-8-26(9-12-33)22-15-31-10-7-19(22)17-34-26/h1,4-7,10,13-15,20H,2-3,8-9,11-12,16-17,30H2/t27-/m0/s1. The molecule has 3 aromatic rings. The molecule has 1 saturated heterocycles. The summed E-state index contributed by atoms with van der Waals surface area (Å²) in [6.45, 7) is 3.35. The highest BCUT2D eigenvalue weighted by Crippen LogP contribution is 2.48. The summed E-state index contributed by atoms with van der Waals surface area (Å²) in [7, 11) is 0. The SMILES string of the molecule is N[C@@](c1ccc(F)c(F)c1)(c1ccc(CN2CCC3(CC2)OCc2ccncc23)cn1)C1CC1. The fourth-order valence-corrected chi connectivity index (χ4v) is 5.64. The van der Waals surface area contributed by atoms with Gasteiger partial charge >= 0.3 is 0 Å². The summed E-state index contributed by atoms with van der Waals surface area (Å²) in [5.41, 5.74) is 10.6. The van der Waals surface area contributed by atoms with Crippen molar-refractivity contribution in [3.05, 3.63) is 94.6 Å². The van der Waals surface area contributed by atoms with Crippen LogP contribution in [0, 0.1) is 17.6 Å². The van der Waals surface area contributed by atoms with Gasteiger partial charge in [0, 0.05) is 43.8 Å². The Balaban J connectivity index is 1.16. The molecule has 1 saturated carbocycles. The predicted octanol–water partition coefficient (Wildman–Crippen LogP) is 4.39. The van der Waals surface area contributed by atoms with Gasteiger partial charge in [-0.25, -0.2) is 8.78 Å². The topological polar surface area (TPSA) is 64.3 Å². The first-order valence-electron chi connectivity index (χ1n) is 12.0. The second-order valence-electron chi connectivity index (χ2n) is 9.92. The van der Waals surface area contributed by atoms with Crippen LogP contribution in [0.5, 0.6) is 0 Å². The van der Waals surface area contributed by atoms with Crippen LogP contribution in [0.1, 0.15) is 53.6 Å². The van der Waals surface area contributed by atoms with E-state index in [0.717, 1.165) is 56.9 Å². The first kappa shape index (κ1) is 21.8. The summed E-state index contributed by atoms with van der Waals surface area (Å²) >= 11 is 0. The van der Waals surface area contributed by atoms with Crippen LogP contribution >= 0.6 is 0 Å². The number of hydrogen-bond acceptors (Lipinski definition) is 5. The fraction of sp³-hybridized carbons (Fsp3) is 0.407. The van der Waals surface area contributed by atoms with Crippen molar-refractivity contribution >= 4 is 0 Å². The van der Waals surface area contributed by atoms with Gasteiger partial charge in [0.1, 0.15) is 0 Å². The molecule has 5 nitrogen and oxygen atoms in total. The van der Waals surface area contributed by atoms with Crippen molar-refractivity contribution in [3.63, 3.8) is 0 Å². The smallest absolute Gasteiger partial charge is 0.159 e. The lowest BCUT2D eigenvalue weighted by molar-refractivity contribution is -0.0800. The van der Waals surface area contributed by atoms with Crippen LogP contribution in [-0.2, 0) is 29.0 Å². The molecule has 0 unspecified atom stereocenters. The molecule has 1 spiro atoms. The van der Waals surface area contributed by atoms with Crippen molar-refractivity contribution in [1.82, 2.24) is 14.9 Å². The Kier molecular flexibility index (Phi) is 5.24. The van der Waals surface area contributed by atoms with E-state index in [1.165, 1.54) is 17.2 Å². The number of benzene rings is 1. The largest absolute Gasteiger partial charge is 0.365 e. The van der Waals surface area contributed by atoms with Crippen molar-refractivity contribution in [1.29, 1.82) is 0 Å². The van der Waals surface area contributed by atoms with Crippen LogP contribution in [0.2, 0.25) is 0 Å². The van der Waals surface area contributed by atoms with E-state index in [0.29, 0.717) is 17.9 Å². The molecule has 2 aromatic heterocycles. The lowest BCUT2D eigenvalue weighted by Crippen LogP contribution is -2.42. The molecule has 34 heavy (non-hydrogen) atoms. The number of rotatable bonds is 5. The average molecular weight is 463 g/mol. The number of likely N-dealkylation sites (tertiary alicyclic amines) is 1. The van der Waals surface area contributed by atoms with E-state index >= 15 is 0 Å². The van der Waals surface area contributed by atoms with Gasteiger partial charge in [-0.05, 0) is 72.6 Å². The molecule has 2 fully saturated rings. The summed E-state index contributed by atoms with van der Waals surface area (Å²) in [5, 5.41) is 0. The summed E-state index contributed by atoms with van der Waals surface area (Å²) < 4.78 is 33.7. The third-order valence-corrected chi connectivity index (χ3v) is 7.84. The first-order chi connectivity index (χ1) is 16.5. The minimum atomic E-state index is -0.911. The molecule has 1 aromatic carbocycles. The quantitative estimate of drug-likeness (QED) is 0.609. The maximum Gasteiger partial charge on any atom is 0.159 e. The Morgan fingerprint density at radius 2 is 1.88 bits per heavy atom. The fourth-order valence-electron chi connectivity index (χ4n) is 5.64. The first-order valence-corrected chi connectivity index (χ1v) is 12.0. The molecule has 2 N–H and O–H groups in total. The number of nitrogens with zero attached hydrogens (tertiary/aromatic N) is 3. The minimum absolute atomic E-state index is 0.178. The number of halogens is 2. The number of pyridine rings is 2. The van der Waals surface area contributed by atoms with Gasteiger partial charge in [0.25, 0.3) is 0 Å². The maximum atomic E-state index is 14.0. The highest BCUT2D eigenvalue weighted by atomic mass is 19.2. The molecule has 2 aliphatic heterocycles. The molecule has 4 heterocycles. The monoisotopic (exact) mass is 462 g/mol. The molecule has 176 valence electrons. The zero-order valence-corrected chi connectivity index (χ0v) is 19.0. The van der Waals surface area contributed by atoms with Crippen molar-refractivity contribution in [2.45, 2.75) is 50.0 Å². The molecule has 7 heteroatoms. The van der Waals surface area contributed by atoms with Gasteiger partial charge in [-0.2, -0.15) is 0 Å². The van der Waals surface area contributed by atoms with E-state index < -0.39 is 17.2 Å². The number of nitrogens with two attached hydrogens (primary N) is 1. The van der Waals surface area contributed by atoms with Crippen LogP contribution in [0.4, 0.5) is 8.78 Å². The second-order valence-corrected chi connectivity index (χ2v) is 9.92. The number of hydrogen-bond donors (Lipinski definition) is 1. The molecule has 0 radical (unpaired) electrons. The highest BCUT2D eigenvalue weighted by Gasteiger charge is 2.46. The van der Waals surface area contributed by atoms with Crippen LogP contribution in [-0.4, -0.2) is 28.0 Å². The average Bonchev–Trinajstić information content (AvgIpc) is 3.67. The van der Waals surface area contributed by atoms with Crippen LogP contribution in [0.3, 0.4) is 0 Å². The molecular formula is C27H28F2N4O. The Labute approximate surface area is 198 Å². The van der Waals surface area contributed by atoms with Gasteiger partial charge in [0.05, 0.1) is 23.4 Å². The highest BCUT2D eigenvalue weighted by molar-refractivity contribution is 5.38. The minimum Gasteiger partial charge on any atom is -0.365 e. The van der Waals surface area contributed by atoms with E-state index in [1.54, 1.807) is 6.07 Å². The second kappa shape index (κ2) is 8.18. The Bertz CT molecular complexity index is 1210. The predicted molar refractivity (Wildman–Crippen MR) is 124 cm³/mol. The van der Waals surface area contributed by atoms with Crippen molar-refractivity contribution < 1.29 is 13.5 Å². The molecule has 0 amide bonds. The van der Waals surface area contributed by atoms with Gasteiger partial charge in [-0.15, -0.1) is 0 Å². The summed E-state index contributed by atoms with van der Waals surface area (Å²) in [5.74, 6) is -1.56. The van der Waals surface area contributed by atoms with Gasteiger partial charge in [-0.1, -0.05) is 12.1 Å². The molecule has 0 bridgehead atoms. The van der Waals surface area contributed by atoms with Crippen LogP contribution in [0.15, 0.2) is 55.0 Å². The maximum absolute atomic E-state index is 14.0. The summed E-state index contributed by atoms with van der Waals surface area (Å²) in [4.78, 5) is 11.4. The van der Waals surface area contributed by atoms with Crippen molar-refractivity contribution in [3.8, 4) is 0 Å². The zero-order chi connectivity index (χ0) is 23.3. The van der Waals surface area contributed by atoms with E-state index in [9.17, 15) is 8.78 Å². The Morgan fingerprint density at radius 1 is 1.06 bits per heavy atom. The summed E-state index contributed by atoms with van der Waals surface area (Å²) in [6.07, 6.45) is 9.46. The molecule has 6 rings (SSSR count). The lowest BCUT2D eigenvalue weighted by atomic mass is 9.82. The Hall–Kier alpha value is -2.74.